The number of anilines is 1. The standard InChI is InChI=1S/C21H16BrF3N2O4/c22-17-6-4-12(9-16(17)21(23,24)25)26-18(28)11-3-5-14-15(8-11)20(30)27(19(14)29)10-13-2-1-7-31-13/h3-6,8-9,13H,1-2,7,10H2,(H,26,28). The Labute approximate surface area is 183 Å². The molecule has 3 amide bonds. The molecule has 2 aliphatic rings. The molecule has 2 aromatic carbocycles. The van der Waals surface area contributed by atoms with Crippen LogP contribution in [-0.4, -0.2) is 41.9 Å². The molecule has 1 fully saturated rings. The molecule has 0 radical (unpaired) electrons. The Hall–Kier alpha value is -2.72. The van der Waals surface area contributed by atoms with Crippen molar-refractivity contribution in [3.8, 4) is 0 Å². The van der Waals surface area contributed by atoms with E-state index in [0.717, 1.165) is 23.8 Å². The van der Waals surface area contributed by atoms with Gasteiger partial charge in [0.05, 0.1) is 29.3 Å². The van der Waals surface area contributed by atoms with Crippen LogP contribution in [0.5, 0.6) is 0 Å². The monoisotopic (exact) mass is 496 g/mol. The molecule has 1 saturated heterocycles. The summed E-state index contributed by atoms with van der Waals surface area (Å²) in [7, 11) is 0. The van der Waals surface area contributed by atoms with Crippen LogP contribution in [-0.2, 0) is 10.9 Å². The third-order valence-electron chi connectivity index (χ3n) is 5.17. The van der Waals surface area contributed by atoms with E-state index >= 15 is 0 Å². The molecule has 0 aliphatic carbocycles. The Balaban J connectivity index is 1.54. The van der Waals surface area contributed by atoms with Crippen molar-refractivity contribution < 1.29 is 32.3 Å². The minimum Gasteiger partial charge on any atom is -0.376 e. The summed E-state index contributed by atoms with van der Waals surface area (Å²) < 4.78 is 44.6. The molecule has 2 heterocycles. The predicted octanol–water partition coefficient (Wildman–Crippen LogP) is 4.50. The first-order valence-electron chi connectivity index (χ1n) is 9.45. The number of imide groups is 1. The molecular formula is C21H16BrF3N2O4. The van der Waals surface area contributed by atoms with Gasteiger partial charge in [-0.15, -0.1) is 0 Å². The van der Waals surface area contributed by atoms with E-state index in [-0.39, 0.29) is 39.5 Å². The van der Waals surface area contributed by atoms with Crippen LogP contribution in [0.15, 0.2) is 40.9 Å². The van der Waals surface area contributed by atoms with Gasteiger partial charge in [-0.1, -0.05) is 15.9 Å². The third-order valence-corrected chi connectivity index (χ3v) is 5.86. The van der Waals surface area contributed by atoms with E-state index in [9.17, 15) is 27.6 Å². The lowest BCUT2D eigenvalue weighted by Gasteiger charge is -2.17. The van der Waals surface area contributed by atoms with Gasteiger partial charge in [0.2, 0.25) is 0 Å². The second kappa shape index (κ2) is 8.08. The molecule has 1 atom stereocenters. The van der Waals surface area contributed by atoms with Gasteiger partial charge in [-0.05, 0) is 49.2 Å². The molecule has 2 aromatic rings. The van der Waals surface area contributed by atoms with Gasteiger partial charge in [-0.25, -0.2) is 0 Å². The van der Waals surface area contributed by atoms with Crippen molar-refractivity contribution in [2.24, 2.45) is 0 Å². The van der Waals surface area contributed by atoms with Crippen molar-refractivity contribution >= 4 is 39.3 Å². The number of ether oxygens (including phenoxy) is 1. The van der Waals surface area contributed by atoms with Gasteiger partial charge in [0.15, 0.2) is 0 Å². The van der Waals surface area contributed by atoms with Crippen molar-refractivity contribution in [2.75, 3.05) is 18.5 Å². The molecule has 1 N–H and O–H groups in total. The molecule has 6 nitrogen and oxygen atoms in total. The number of fused-ring (bicyclic) bond motifs is 1. The highest BCUT2D eigenvalue weighted by molar-refractivity contribution is 9.10. The Kier molecular flexibility index (Phi) is 5.61. The third kappa shape index (κ3) is 4.22. The fraction of sp³-hybridized carbons (Fsp3) is 0.286. The van der Waals surface area contributed by atoms with E-state index in [1.807, 2.05) is 0 Å². The fourth-order valence-corrected chi connectivity index (χ4v) is 4.08. The van der Waals surface area contributed by atoms with Crippen LogP contribution in [0.3, 0.4) is 0 Å². The van der Waals surface area contributed by atoms with E-state index < -0.39 is 29.5 Å². The normalized spacial score (nSPS) is 18.5. The number of alkyl halides is 3. The largest absolute Gasteiger partial charge is 0.417 e. The molecular weight excluding hydrogens is 481 g/mol. The number of nitrogens with one attached hydrogen (secondary N) is 1. The van der Waals surface area contributed by atoms with Crippen LogP contribution in [0.25, 0.3) is 0 Å². The second-order valence-corrected chi connectivity index (χ2v) is 8.12. The van der Waals surface area contributed by atoms with Crippen molar-refractivity contribution in [3.63, 3.8) is 0 Å². The Morgan fingerprint density at radius 3 is 2.55 bits per heavy atom. The number of hydrogen-bond donors (Lipinski definition) is 1. The van der Waals surface area contributed by atoms with E-state index in [1.54, 1.807) is 0 Å². The van der Waals surface area contributed by atoms with Crippen molar-refractivity contribution in [1.82, 2.24) is 4.90 Å². The van der Waals surface area contributed by atoms with Gasteiger partial charge in [0, 0.05) is 22.3 Å². The molecule has 10 heteroatoms. The molecule has 0 spiro atoms. The van der Waals surface area contributed by atoms with E-state index in [1.165, 1.54) is 30.3 Å². The SMILES string of the molecule is O=C(Nc1ccc(Br)c(C(F)(F)F)c1)c1ccc2c(c1)C(=O)N(CC1CCCO1)C2=O. The lowest BCUT2D eigenvalue weighted by atomic mass is 10.1. The number of rotatable bonds is 4. The number of nitrogens with zero attached hydrogens (tertiary/aromatic N) is 1. The fourth-order valence-electron chi connectivity index (χ4n) is 3.61. The number of amides is 3. The minimum absolute atomic E-state index is 0.0512. The number of benzene rings is 2. The van der Waals surface area contributed by atoms with Crippen molar-refractivity contribution in [3.05, 3.63) is 63.1 Å². The Morgan fingerprint density at radius 1 is 1.13 bits per heavy atom. The van der Waals surface area contributed by atoms with Gasteiger partial charge in [-0.3, -0.25) is 19.3 Å². The van der Waals surface area contributed by atoms with Gasteiger partial charge in [0.1, 0.15) is 0 Å². The maximum Gasteiger partial charge on any atom is 0.417 e. The highest BCUT2D eigenvalue weighted by Crippen LogP contribution is 2.36. The highest BCUT2D eigenvalue weighted by Gasteiger charge is 2.38. The van der Waals surface area contributed by atoms with E-state index in [4.69, 9.17) is 4.74 Å². The molecule has 162 valence electrons. The smallest absolute Gasteiger partial charge is 0.376 e. The number of carbonyl (C=O) groups excluding carboxylic acids is 3. The van der Waals surface area contributed by atoms with Gasteiger partial charge < -0.3 is 10.1 Å². The van der Waals surface area contributed by atoms with Crippen LogP contribution in [0.4, 0.5) is 18.9 Å². The summed E-state index contributed by atoms with van der Waals surface area (Å²) in [4.78, 5) is 39.0. The average Bonchev–Trinajstić information content (AvgIpc) is 3.31. The highest BCUT2D eigenvalue weighted by atomic mass is 79.9. The summed E-state index contributed by atoms with van der Waals surface area (Å²) in [6.45, 7) is 0.733. The lowest BCUT2D eigenvalue weighted by Crippen LogP contribution is -2.36. The second-order valence-electron chi connectivity index (χ2n) is 7.26. The summed E-state index contributed by atoms with van der Waals surface area (Å²) in [5.41, 5.74) is -0.659. The van der Waals surface area contributed by atoms with Crippen LogP contribution in [0.2, 0.25) is 0 Å². The molecule has 4 rings (SSSR count). The van der Waals surface area contributed by atoms with Gasteiger partial charge in [0.25, 0.3) is 17.7 Å². The average molecular weight is 497 g/mol. The first-order chi connectivity index (χ1) is 14.6. The van der Waals surface area contributed by atoms with Crippen molar-refractivity contribution in [2.45, 2.75) is 25.1 Å². The number of hydrogen-bond acceptors (Lipinski definition) is 4. The molecule has 1 unspecified atom stereocenters. The van der Waals surface area contributed by atoms with Crippen LogP contribution in [0, 0.1) is 0 Å². The Bertz CT molecular complexity index is 1080. The van der Waals surface area contributed by atoms with Gasteiger partial charge in [-0.2, -0.15) is 13.2 Å². The predicted molar refractivity (Wildman–Crippen MR) is 108 cm³/mol. The zero-order valence-corrected chi connectivity index (χ0v) is 17.5. The van der Waals surface area contributed by atoms with E-state index in [0.29, 0.717) is 6.61 Å². The summed E-state index contributed by atoms with van der Waals surface area (Å²) >= 11 is 2.84. The van der Waals surface area contributed by atoms with Crippen LogP contribution in [0.1, 0.15) is 49.5 Å². The molecule has 0 aromatic heterocycles. The summed E-state index contributed by atoms with van der Waals surface area (Å²) in [5, 5.41) is 2.40. The van der Waals surface area contributed by atoms with Crippen LogP contribution < -0.4 is 5.32 Å². The Morgan fingerprint density at radius 2 is 1.87 bits per heavy atom. The van der Waals surface area contributed by atoms with Crippen molar-refractivity contribution in [1.29, 1.82) is 0 Å². The number of halogens is 4. The quantitative estimate of drug-likeness (QED) is 0.632. The summed E-state index contributed by atoms with van der Waals surface area (Å²) in [6, 6.07) is 7.34. The maximum absolute atomic E-state index is 13.1. The number of carbonyl (C=O) groups is 3. The first kappa shape index (κ1) is 21.5. The summed E-state index contributed by atoms with van der Waals surface area (Å²) in [6.07, 6.45) is -3.17. The van der Waals surface area contributed by atoms with E-state index in [2.05, 4.69) is 21.2 Å². The zero-order chi connectivity index (χ0) is 22.3. The maximum atomic E-state index is 13.1. The van der Waals surface area contributed by atoms with Gasteiger partial charge >= 0.3 is 6.18 Å². The van der Waals surface area contributed by atoms with Crippen LogP contribution >= 0.6 is 15.9 Å². The molecule has 2 aliphatic heterocycles. The summed E-state index contributed by atoms with van der Waals surface area (Å²) in [5.74, 6) is -1.67. The molecule has 31 heavy (non-hydrogen) atoms. The topological polar surface area (TPSA) is 75.7 Å². The lowest BCUT2D eigenvalue weighted by molar-refractivity contribution is -0.138. The molecule has 0 bridgehead atoms. The molecule has 0 saturated carbocycles. The minimum atomic E-state index is -4.59. The zero-order valence-electron chi connectivity index (χ0n) is 16.0. The first-order valence-corrected chi connectivity index (χ1v) is 10.2.